The highest BCUT2D eigenvalue weighted by molar-refractivity contribution is 5.46. The van der Waals surface area contributed by atoms with Crippen molar-refractivity contribution >= 4 is 0 Å². The third kappa shape index (κ3) is 4.17. The lowest BCUT2D eigenvalue weighted by Gasteiger charge is -2.11. The maximum Gasteiger partial charge on any atom is 0.122 e. The maximum absolute atomic E-state index is 10.1. The van der Waals surface area contributed by atoms with Gasteiger partial charge >= 0.3 is 0 Å². The van der Waals surface area contributed by atoms with Crippen molar-refractivity contribution in [3.05, 3.63) is 95.1 Å². The average Bonchev–Trinajstić information content (AvgIpc) is 2.62. The van der Waals surface area contributed by atoms with Crippen LogP contribution < -0.4 is 0 Å². The molecule has 0 spiro atoms. The minimum absolute atomic E-state index is 0.173. The number of aromatic hydroxyl groups is 2. The highest BCUT2D eigenvalue weighted by Crippen LogP contribution is 2.29. The molecule has 2 heteroatoms. The summed E-state index contributed by atoms with van der Waals surface area (Å²) in [5.74, 6) is 0.346. The summed E-state index contributed by atoms with van der Waals surface area (Å²) in [5.41, 5.74) is 4.27. The lowest BCUT2D eigenvalue weighted by atomic mass is 9.97. The minimum atomic E-state index is 0.173. The molecule has 0 fully saturated rings. The van der Waals surface area contributed by atoms with Crippen LogP contribution in [0.15, 0.2) is 72.8 Å². The second-order valence-corrected chi connectivity index (χ2v) is 6.08. The molecule has 122 valence electrons. The fourth-order valence-electron chi connectivity index (χ4n) is 2.92. The summed E-state index contributed by atoms with van der Waals surface area (Å²) < 4.78 is 0. The predicted molar refractivity (Wildman–Crippen MR) is 97.5 cm³/mol. The minimum Gasteiger partial charge on any atom is -0.508 e. The van der Waals surface area contributed by atoms with E-state index in [-0.39, 0.29) is 11.5 Å². The molecule has 0 radical (unpaired) electrons. The van der Waals surface area contributed by atoms with Crippen LogP contribution >= 0.6 is 0 Å². The van der Waals surface area contributed by atoms with Crippen molar-refractivity contribution in [2.75, 3.05) is 0 Å². The van der Waals surface area contributed by atoms with E-state index in [1.54, 1.807) is 0 Å². The van der Waals surface area contributed by atoms with E-state index in [1.807, 2.05) is 42.5 Å². The molecule has 0 saturated carbocycles. The molecule has 0 bridgehead atoms. The van der Waals surface area contributed by atoms with Crippen LogP contribution in [0.2, 0.25) is 0 Å². The fraction of sp³-hybridized carbons (Fsp3) is 0.182. The van der Waals surface area contributed by atoms with E-state index < -0.39 is 0 Å². The molecule has 3 aromatic carbocycles. The zero-order valence-corrected chi connectivity index (χ0v) is 13.7. The van der Waals surface area contributed by atoms with Gasteiger partial charge in [-0.15, -0.1) is 0 Å². The van der Waals surface area contributed by atoms with Crippen molar-refractivity contribution < 1.29 is 10.2 Å². The molecule has 0 heterocycles. The van der Waals surface area contributed by atoms with Crippen molar-refractivity contribution in [1.29, 1.82) is 0 Å². The van der Waals surface area contributed by atoms with Crippen LogP contribution in [0.25, 0.3) is 0 Å². The summed E-state index contributed by atoms with van der Waals surface area (Å²) in [4.78, 5) is 0. The van der Waals surface area contributed by atoms with E-state index in [0.29, 0.717) is 0 Å². The molecular formula is C22H22O2. The van der Waals surface area contributed by atoms with Crippen LogP contribution in [0, 0.1) is 0 Å². The number of rotatable bonds is 6. The molecule has 0 aliphatic heterocycles. The van der Waals surface area contributed by atoms with E-state index >= 15 is 0 Å². The second kappa shape index (κ2) is 7.69. The van der Waals surface area contributed by atoms with Crippen LogP contribution in [0.3, 0.4) is 0 Å². The van der Waals surface area contributed by atoms with Crippen molar-refractivity contribution in [3.8, 4) is 11.5 Å². The van der Waals surface area contributed by atoms with E-state index in [4.69, 9.17) is 0 Å². The average molecular weight is 318 g/mol. The van der Waals surface area contributed by atoms with E-state index in [2.05, 4.69) is 24.3 Å². The Balaban J connectivity index is 1.71. The number of aryl methyl sites for hydroxylation is 4. The molecule has 0 aromatic heterocycles. The molecule has 0 aliphatic carbocycles. The first kappa shape index (κ1) is 16.1. The molecule has 24 heavy (non-hydrogen) atoms. The Morgan fingerprint density at radius 1 is 0.500 bits per heavy atom. The lowest BCUT2D eigenvalue weighted by Crippen LogP contribution is -1.97. The number of hydrogen-bond acceptors (Lipinski definition) is 2. The van der Waals surface area contributed by atoms with Gasteiger partial charge in [0.25, 0.3) is 0 Å². The molecule has 0 unspecified atom stereocenters. The van der Waals surface area contributed by atoms with Crippen LogP contribution in [-0.4, -0.2) is 10.2 Å². The standard InChI is InChI=1S/C22H22O2/c23-21-16-22(24)20(14-12-18-9-5-2-6-10-18)15-19(21)13-11-17-7-3-1-4-8-17/h1-10,15-16,23-24H,11-14H2. The van der Waals surface area contributed by atoms with Gasteiger partial charge in [-0.1, -0.05) is 60.7 Å². The topological polar surface area (TPSA) is 40.5 Å². The molecule has 0 atom stereocenters. The molecular weight excluding hydrogens is 296 g/mol. The second-order valence-electron chi connectivity index (χ2n) is 6.08. The smallest absolute Gasteiger partial charge is 0.122 e. The first-order valence-corrected chi connectivity index (χ1v) is 8.34. The first-order chi connectivity index (χ1) is 11.7. The zero-order chi connectivity index (χ0) is 16.8. The summed E-state index contributed by atoms with van der Waals surface area (Å²) >= 11 is 0. The number of phenols is 2. The van der Waals surface area contributed by atoms with Gasteiger partial charge in [0.05, 0.1) is 0 Å². The molecule has 3 aromatic rings. The monoisotopic (exact) mass is 318 g/mol. The molecule has 0 amide bonds. The number of benzene rings is 3. The molecule has 2 nitrogen and oxygen atoms in total. The Hall–Kier alpha value is -2.74. The zero-order valence-electron chi connectivity index (χ0n) is 13.7. The molecule has 0 aliphatic rings. The van der Waals surface area contributed by atoms with Gasteiger partial charge in [-0.3, -0.25) is 0 Å². The van der Waals surface area contributed by atoms with E-state index in [1.165, 1.54) is 17.2 Å². The summed E-state index contributed by atoms with van der Waals surface area (Å²) in [5, 5.41) is 20.2. The third-order valence-electron chi connectivity index (χ3n) is 4.33. The lowest BCUT2D eigenvalue weighted by molar-refractivity contribution is 0.441. The summed E-state index contributed by atoms with van der Waals surface area (Å²) in [7, 11) is 0. The summed E-state index contributed by atoms with van der Waals surface area (Å²) in [6.45, 7) is 0. The Morgan fingerprint density at radius 2 is 0.917 bits per heavy atom. The van der Waals surface area contributed by atoms with Crippen LogP contribution in [0.4, 0.5) is 0 Å². The van der Waals surface area contributed by atoms with Crippen molar-refractivity contribution in [1.82, 2.24) is 0 Å². The molecule has 2 N–H and O–H groups in total. The van der Waals surface area contributed by atoms with Crippen molar-refractivity contribution in [2.45, 2.75) is 25.7 Å². The maximum atomic E-state index is 10.1. The van der Waals surface area contributed by atoms with Crippen molar-refractivity contribution in [2.24, 2.45) is 0 Å². The summed E-state index contributed by atoms with van der Waals surface area (Å²) in [6.07, 6.45) is 3.26. The number of phenolic OH excluding ortho intramolecular Hbond substituents is 2. The first-order valence-electron chi connectivity index (χ1n) is 8.34. The van der Waals surface area contributed by atoms with Gasteiger partial charge in [0, 0.05) is 6.07 Å². The molecule has 3 rings (SSSR count). The van der Waals surface area contributed by atoms with Crippen LogP contribution in [0.1, 0.15) is 22.3 Å². The van der Waals surface area contributed by atoms with Gasteiger partial charge in [0.2, 0.25) is 0 Å². The largest absolute Gasteiger partial charge is 0.508 e. The quantitative estimate of drug-likeness (QED) is 0.693. The fourth-order valence-corrected chi connectivity index (χ4v) is 2.92. The van der Waals surface area contributed by atoms with Crippen LogP contribution in [-0.2, 0) is 25.7 Å². The van der Waals surface area contributed by atoms with E-state index in [9.17, 15) is 10.2 Å². The Labute approximate surface area is 143 Å². The SMILES string of the molecule is Oc1cc(O)c(CCc2ccccc2)cc1CCc1ccccc1. The molecule has 0 saturated heterocycles. The Bertz CT molecular complexity index is 715. The highest BCUT2D eigenvalue weighted by atomic mass is 16.3. The Morgan fingerprint density at radius 3 is 1.33 bits per heavy atom. The third-order valence-corrected chi connectivity index (χ3v) is 4.33. The van der Waals surface area contributed by atoms with Gasteiger partial charge in [0.15, 0.2) is 0 Å². The van der Waals surface area contributed by atoms with Gasteiger partial charge < -0.3 is 10.2 Å². The van der Waals surface area contributed by atoms with Crippen LogP contribution in [0.5, 0.6) is 11.5 Å². The van der Waals surface area contributed by atoms with Gasteiger partial charge in [-0.2, -0.15) is 0 Å². The van der Waals surface area contributed by atoms with Gasteiger partial charge in [0.1, 0.15) is 11.5 Å². The number of hydrogen-bond donors (Lipinski definition) is 2. The highest BCUT2D eigenvalue weighted by Gasteiger charge is 2.09. The van der Waals surface area contributed by atoms with Gasteiger partial charge in [-0.25, -0.2) is 0 Å². The van der Waals surface area contributed by atoms with E-state index in [0.717, 1.165) is 36.8 Å². The summed E-state index contributed by atoms with van der Waals surface area (Å²) in [6, 6.07) is 23.9. The van der Waals surface area contributed by atoms with Gasteiger partial charge in [-0.05, 0) is 54.0 Å². The Kier molecular flexibility index (Phi) is 5.17. The normalized spacial score (nSPS) is 10.7. The van der Waals surface area contributed by atoms with Crippen molar-refractivity contribution in [3.63, 3.8) is 0 Å². The predicted octanol–water partition coefficient (Wildman–Crippen LogP) is 4.67.